The van der Waals surface area contributed by atoms with Crippen molar-refractivity contribution in [2.24, 2.45) is 5.92 Å². The first kappa shape index (κ1) is 19.4. The second-order valence-corrected chi connectivity index (χ2v) is 6.55. The molecule has 4 heteroatoms. The topological polar surface area (TPSA) is 55.4 Å². The molecular weight excluding hydrogens is 350 g/mol. The van der Waals surface area contributed by atoms with Gasteiger partial charge in [0.25, 0.3) is 5.91 Å². The lowest BCUT2D eigenvalue weighted by Gasteiger charge is -2.27. The van der Waals surface area contributed by atoms with Crippen molar-refractivity contribution in [2.75, 3.05) is 7.11 Å². The van der Waals surface area contributed by atoms with E-state index in [0.29, 0.717) is 12.0 Å². The first-order chi connectivity index (χ1) is 13.7. The summed E-state index contributed by atoms with van der Waals surface area (Å²) in [4.78, 5) is 25.5. The highest BCUT2D eigenvalue weighted by atomic mass is 16.5. The number of methoxy groups -OCH3 is 1. The number of benzene rings is 3. The third-order valence-electron chi connectivity index (χ3n) is 4.69. The fraction of sp³-hybridized carbons (Fsp3) is 0.167. The van der Waals surface area contributed by atoms with Crippen molar-refractivity contribution in [3.63, 3.8) is 0 Å². The average Bonchev–Trinajstić information content (AvgIpc) is 2.77. The van der Waals surface area contributed by atoms with Crippen LogP contribution in [0.15, 0.2) is 91.0 Å². The van der Waals surface area contributed by atoms with Gasteiger partial charge in [-0.3, -0.25) is 9.59 Å². The molecule has 0 aliphatic heterocycles. The van der Waals surface area contributed by atoms with Crippen LogP contribution in [0, 0.1) is 5.92 Å². The highest BCUT2D eigenvalue weighted by Crippen LogP contribution is 2.27. The van der Waals surface area contributed by atoms with Crippen molar-refractivity contribution in [2.45, 2.75) is 12.5 Å². The van der Waals surface area contributed by atoms with Gasteiger partial charge in [0, 0.05) is 5.56 Å². The molecule has 0 aliphatic rings. The second-order valence-electron chi connectivity index (χ2n) is 6.55. The van der Waals surface area contributed by atoms with Gasteiger partial charge in [-0.25, -0.2) is 0 Å². The number of amides is 1. The van der Waals surface area contributed by atoms with Crippen LogP contribution in [-0.2, 0) is 16.0 Å². The molecule has 4 nitrogen and oxygen atoms in total. The van der Waals surface area contributed by atoms with Crippen LogP contribution < -0.4 is 5.32 Å². The van der Waals surface area contributed by atoms with E-state index < -0.39 is 12.0 Å². The molecule has 0 aliphatic carbocycles. The largest absolute Gasteiger partial charge is 0.469 e. The minimum absolute atomic E-state index is 0.226. The minimum Gasteiger partial charge on any atom is -0.469 e. The molecule has 0 unspecified atom stereocenters. The molecule has 0 saturated carbocycles. The number of hydrogen-bond acceptors (Lipinski definition) is 3. The molecular formula is C24H23NO3. The van der Waals surface area contributed by atoms with Crippen molar-refractivity contribution >= 4 is 11.9 Å². The molecule has 142 valence electrons. The van der Waals surface area contributed by atoms with Gasteiger partial charge in [-0.15, -0.1) is 0 Å². The van der Waals surface area contributed by atoms with Gasteiger partial charge >= 0.3 is 5.97 Å². The molecule has 0 spiro atoms. The van der Waals surface area contributed by atoms with Crippen molar-refractivity contribution in [1.29, 1.82) is 0 Å². The first-order valence-corrected chi connectivity index (χ1v) is 9.21. The standard InChI is InChI=1S/C24H23NO3/c1-28-24(27)21(17-18-11-5-2-6-12-18)22(19-13-7-3-8-14-19)25-23(26)20-15-9-4-10-16-20/h2-16,21-22H,17H2,1H3,(H,25,26)/t21-,22-/m0/s1. The Hall–Kier alpha value is -3.40. The highest BCUT2D eigenvalue weighted by molar-refractivity contribution is 5.94. The predicted molar refractivity (Wildman–Crippen MR) is 109 cm³/mol. The van der Waals surface area contributed by atoms with Gasteiger partial charge < -0.3 is 10.1 Å². The average molecular weight is 373 g/mol. The van der Waals surface area contributed by atoms with Gasteiger partial charge in [-0.1, -0.05) is 78.9 Å². The number of hydrogen-bond donors (Lipinski definition) is 1. The number of rotatable bonds is 7. The molecule has 2 atom stereocenters. The van der Waals surface area contributed by atoms with E-state index in [4.69, 9.17) is 4.74 Å². The van der Waals surface area contributed by atoms with E-state index in [1.807, 2.05) is 78.9 Å². The summed E-state index contributed by atoms with van der Waals surface area (Å²) in [5.41, 5.74) is 2.41. The Balaban J connectivity index is 1.95. The lowest BCUT2D eigenvalue weighted by Crippen LogP contribution is -2.38. The minimum atomic E-state index is -0.553. The molecule has 0 aromatic heterocycles. The monoisotopic (exact) mass is 373 g/mol. The van der Waals surface area contributed by atoms with E-state index in [-0.39, 0.29) is 11.9 Å². The van der Waals surface area contributed by atoms with Gasteiger partial charge in [0.1, 0.15) is 0 Å². The summed E-state index contributed by atoms with van der Waals surface area (Å²) in [6.07, 6.45) is 0.460. The van der Waals surface area contributed by atoms with Crippen LogP contribution >= 0.6 is 0 Å². The number of ether oxygens (including phenoxy) is 1. The molecule has 28 heavy (non-hydrogen) atoms. The zero-order chi connectivity index (χ0) is 19.8. The van der Waals surface area contributed by atoms with Crippen molar-refractivity contribution in [3.05, 3.63) is 108 Å². The van der Waals surface area contributed by atoms with E-state index in [2.05, 4.69) is 5.32 Å². The number of carbonyl (C=O) groups excluding carboxylic acids is 2. The van der Waals surface area contributed by atoms with Crippen LogP contribution in [0.2, 0.25) is 0 Å². The van der Waals surface area contributed by atoms with Crippen LogP contribution in [-0.4, -0.2) is 19.0 Å². The molecule has 3 aromatic carbocycles. The summed E-state index contributed by atoms with van der Waals surface area (Å²) >= 11 is 0. The fourth-order valence-electron chi connectivity index (χ4n) is 3.25. The molecule has 1 N–H and O–H groups in total. The molecule has 0 heterocycles. The van der Waals surface area contributed by atoms with Gasteiger partial charge in [0.2, 0.25) is 0 Å². The molecule has 3 rings (SSSR count). The molecule has 0 radical (unpaired) electrons. The number of nitrogens with one attached hydrogen (secondary N) is 1. The van der Waals surface area contributed by atoms with E-state index in [9.17, 15) is 9.59 Å². The first-order valence-electron chi connectivity index (χ1n) is 9.21. The zero-order valence-corrected chi connectivity index (χ0v) is 15.7. The molecule has 3 aromatic rings. The van der Waals surface area contributed by atoms with E-state index in [1.54, 1.807) is 12.1 Å². The smallest absolute Gasteiger partial charge is 0.311 e. The van der Waals surface area contributed by atoms with Crippen molar-refractivity contribution in [1.82, 2.24) is 5.32 Å². The third kappa shape index (κ3) is 4.86. The summed E-state index contributed by atoms with van der Waals surface area (Å²) in [6, 6.07) is 27.7. The maximum absolute atomic E-state index is 12.8. The Morgan fingerprint density at radius 1 is 0.821 bits per heavy atom. The third-order valence-corrected chi connectivity index (χ3v) is 4.69. The molecule has 0 saturated heterocycles. The van der Waals surface area contributed by atoms with Gasteiger partial charge in [0.15, 0.2) is 0 Å². The maximum Gasteiger partial charge on any atom is 0.311 e. The van der Waals surface area contributed by atoms with Gasteiger partial charge in [-0.2, -0.15) is 0 Å². The summed E-state index contributed by atoms with van der Waals surface area (Å²) < 4.78 is 5.08. The van der Waals surface area contributed by atoms with Gasteiger partial charge in [-0.05, 0) is 29.7 Å². The van der Waals surface area contributed by atoms with E-state index in [1.165, 1.54) is 7.11 Å². The highest BCUT2D eigenvalue weighted by Gasteiger charge is 2.32. The Bertz CT molecular complexity index is 895. The molecule has 0 fully saturated rings. The Morgan fingerprint density at radius 2 is 1.36 bits per heavy atom. The summed E-state index contributed by atoms with van der Waals surface area (Å²) in [5.74, 6) is -1.13. The number of esters is 1. The fourth-order valence-corrected chi connectivity index (χ4v) is 3.25. The lowest BCUT2D eigenvalue weighted by atomic mass is 9.87. The zero-order valence-electron chi connectivity index (χ0n) is 15.7. The van der Waals surface area contributed by atoms with Gasteiger partial charge in [0.05, 0.1) is 19.1 Å². The van der Waals surface area contributed by atoms with Crippen LogP contribution in [0.25, 0.3) is 0 Å². The van der Waals surface area contributed by atoms with Crippen LogP contribution in [0.5, 0.6) is 0 Å². The summed E-state index contributed by atoms with van der Waals surface area (Å²) in [5, 5.41) is 3.05. The molecule has 0 bridgehead atoms. The van der Waals surface area contributed by atoms with Crippen LogP contribution in [0.3, 0.4) is 0 Å². The molecule has 1 amide bonds. The van der Waals surface area contributed by atoms with Crippen LogP contribution in [0.4, 0.5) is 0 Å². The summed E-state index contributed by atoms with van der Waals surface area (Å²) in [7, 11) is 1.38. The lowest BCUT2D eigenvalue weighted by molar-refractivity contribution is -0.146. The van der Waals surface area contributed by atoms with E-state index in [0.717, 1.165) is 11.1 Å². The summed E-state index contributed by atoms with van der Waals surface area (Å²) in [6.45, 7) is 0. The SMILES string of the molecule is COC(=O)[C@@H](Cc1ccccc1)[C@@H](NC(=O)c1ccccc1)c1ccccc1. The van der Waals surface area contributed by atoms with Crippen molar-refractivity contribution in [3.8, 4) is 0 Å². The Kier molecular flexibility index (Phi) is 6.58. The quantitative estimate of drug-likeness (QED) is 0.632. The Morgan fingerprint density at radius 3 is 1.93 bits per heavy atom. The van der Waals surface area contributed by atoms with E-state index >= 15 is 0 Å². The van der Waals surface area contributed by atoms with Crippen molar-refractivity contribution < 1.29 is 14.3 Å². The van der Waals surface area contributed by atoms with Crippen LogP contribution in [0.1, 0.15) is 27.5 Å². The second kappa shape index (κ2) is 9.51. The normalized spacial score (nSPS) is 12.6. The number of carbonyl (C=O) groups is 2. The Labute approximate surface area is 165 Å². The maximum atomic E-state index is 12.8. The predicted octanol–water partition coefficient (Wildman–Crippen LogP) is 4.19.